The standard InChI is InChI=1S/C29H38N4O2S/c1-18(2)20-10-12-22-21(17-20)11-13-23-28(22,4)14-8-15-29(23,5)26(35)33-27(36)31-19(3)25(34)32-24-9-6-7-16-30-24/h6-7,9-10,12,16-19,23H,8,11,13-15H2,1-5H3,(H,30,32,34)(H2,31,33,35,36)/t19-,23+,28+,29+/m0/s1. The first kappa shape index (κ1) is 26.3. The highest BCUT2D eigenvalue weighted by Gasteiger charge is 2.55. The number of aromatic nitrogens is 1. The molecule has 0 bridgehead atoms. The molecule has 1 heterocycles. The lowest BCUT2D eigenvalue weighted by Crippen LogP contribution is -2.58. The monoisotopic (exact) mass is 506 g/mol. The third-order valence-corrected chi connectivity index (χ3v) is 8.67. The van der Waals surface area contributed by atoms with Crippen molar-refractivity contribution in [1.82, 2.24) is 15.6 Å². The predicted octanol–water partition coefficient (Wildman–Crippen LogP) is 5.23. The van der Waals surface area contributed by atoms with Crippen LogP contribution in [0.25, 0.3) is 0 Å². The van der Waals surface area contributed by atoms with Crippen LogP contribution in [0.4, 0.5) is 5.82 Å². The number of nitrogens with zero attached hydrogens (tertiary/aromatic N) is 1. The second-order valence-corrected chi connectivity index (χ2v) is 11.6. The maximum Gasteiger partial charge on any atom is 0.247 e. The summed E-state index contributed by atoms with van der Waals surface area (Å²) < 4.78 is 0. The van der Waals surface area contributed by atoms with Crippen molar-refractivity contribution in [3.8, 4) is 0 Å². The molecule has 4 rings (SSSR count). The van der Waals surface area contributed by atoms with Crippen LogP contribution in [0, 0.1) is 11.3 Å². The lowest BCUT2D eigenvalue weighted by molar-refractivity contribution is -0.137. The molecule has 4 atom stereocenters. The fourth-order valence-corrected chi connectivity index (χ4v) is 6.63. The van der Waals surface area contributed by atoms with E-state index in [4.69, 9.17) is 12.2 Å². The van der Waals surface area contributed by atoms with E-state index < -0.39 is 11.5 Å². The summed E-state index contributed by atoms with van der Waals surface area (Å²) in [6, 6.07) is 11.6. The topological polar surface area (TPSA) is 83.1 Å². The third kappa shape index (κ3) is 5.03. The third-order valence-electron chi connectivity index (χ3n) is 8.45. The highest BCUT2D eigenvalue weighted by atomic mass is 32.1. The molecule has 2 aliphatic rings. The van der Waals surface area contributed by atoms with Gasteiger partial charge < -0.3 is 16.0 Å². The molecule has 192 valence electrons. The molecule has 1 aromatic heterocycles. The molecular formula is C29H38N4O2S. The Labute approximate surface area is 220 Å². The molecule has 0 unspecified atom stereocenters. The maximum atomic E-state index is 13.7. The first-order chi connectivity index (χ1) is 17.0. The van der Waals surface area contributed by atoms with E-state index in [2.05, 4.69) is 66.8 Å². The average Bonchev–Trinajstić information content (AvgIpc) is 2.84. The minimum Gasteiger partial charge on any atom is -0.351 e. The van der Waals surface area contributed by atoms with E-state index in [1.807, 2.05) is 0 Å². The molecule has 2 aliphatic carbocycles. The van der Waals surface area contributed by atoms with Crippen LogP contribution >= 0.6 is 12.2 Å². The van der Waals surface area contributed by atoms with Crippen molar-refractivity contribution < 1.29 is 9.59 Å². The summed E-state index contributed by atoms with van der Waals surface area (Å²) in [5, 5.41) is 8.81. The zero-order valence-corrected chi connectivity index (χ0v) is 22.8. The van der Waals surface area contributed by atoms with E-state index in [-0.39, 0.29) is 28.3 Å². The number of carbonyl (C=O) groups is 2. The number of pyridine rings is 1. The lowest BCUT2D eigenvalue weighted by Gasteiger charge is -2.54. The number of benzene rings is 1. The van der Waals surface area contributed by atoms with Gasteiger partial charge in [-0.05, 0) is 90.9 Å². The van der Waals surface area contributed by atoms with E-state index in [0.717, 1.165) is 32.1 Å². The average molecular weight is 507 g/mol. The van der Waals surface area contributed by atoms with E-state index in [0.29, 0.717) is 11.7 Å². The number of amides is 2. The summed E-state index contributed by atoms with van der Waals surface area (Å²) in [6.45, 7) is 10.6. The van der Waals surface area contributed by atoms with Crippen LogP contribution in [0.15, 0.2) is 42.6 Å². The van der Waals surface area contributed by atoms with Crippen molar-refractivity contribution in [3.05, 3.63) is 59.3 Å². The van der Waals surface area contributed by atoms with Crippen molar-refractivity contribution >= 4 is 35.0 Å². The van der Waals surface area contributed by atoms with Crippen molar-refractivity contribution in [1.29, 1.82) is 0 Å². The van der Waals surface area contributed by atoms with Gasteiger partial charge >= 0.3 is 0 Å². The zero-order chi connectivity index (χ0) is 26.1. The first-order valence-electron chi connectivity index (χ1n) is 13.0. The number of rotatable bonds is 5. The lowest BCUT2D eigenvalue weighted by atomic mass is 9.49. The highest BCUT2D eigenvalue weighted by molar-refractivity contribution is 7.80. The van der Waals surface area contributed by atoms with Gasteiger partial charge in [0.2, 0.25) is 11.8 Å². The number of hydrogen-bond acceptors (Lipinski definition) is 4. The van der Waals surface area contributed by atoms with Crippen molar-refractivity contribution in [2.24, 2.45) is 11.3 Å². The number of thiocarbonyl (C=S) groups is 1. The van der Waals surface area contributed by atoms with Crippen LogP contribution in [-0.4, -0.2) is 28.0 Å². The van der Waals surface area contributed by atoms with Gasteiger partial charge in [0.25, 0.3) is 0 Å². The van der Waals surface area contributed by atoms with Crippen LogP contribution in [0.2, 0.25) is 0 Å². The Balaban J connectivity index is 1.45. The number of hydrogen-bond donors (Lipinski definition) is 3. The van der Waals surface area contributed by atoms with Gasteiger partial charge in [-0.25, -0.2) is 4.98 Å². The van der Waals surface area contributed by atoms with Gasteiger partial charge in [0.15, 0.2) is 5.11 Å². The molecular weight excluding hydrogens is 468 g/mol. The summed E-state index contributed by atoms with van der Waals surface area (Å²) in [7, 11) is 0. The molecule has 0 radical (unpaired) electrons. The van der Waals surface area contributed by atoms with Crippen molar-refractivity contribution in [2.75, 3.05) is 5.32 Å². The number of carbonyl (C=O) groups excluding carboxylic acids is 2. The molecule has 6 nitrogen and oxygen atoms in total. The van der Waals surface area contributed by atoms with Crippen LogP contribution in [0.1, 0.15) is 82.9 Å². The van der Waals surface area contributed by atoms with Crippen LogP contribution in [-0.2, 0) is 21.4 Å². The van der Waals surface area contributed by atoms with E-state index >= 15 is 0 Å². The number of nitrogens with one attached hydrogen (secondary N) is 3. The van der Waals surface area contributed by atoms with Gasteiger partial charge in [-0.3, -0.25) is 9.59 Å². The van der Waals surface area contributed by atoms with Crippen LogP contribution < -0.4 is 16.0 Å². The normalized spacial score (nSPS) is 25.8. The van der Waals surface area contributed by atoms with E-state index in [9.17, 15) is 9.59 Å². The molecule has 1 fully saturated rings. The molecule has 0 saturated heterocycles. The largest absolute Gasteiger partial charge is 0.351 e. The fraction of sp³-hybridized carbons (Fsp3) is 0.517. The van der Waals surface area contributed by atoms with Gasteiger partial charge in [-0.1, -0.05) is 58.4 Å². The Morgan fingerprint density at radius 1 is 1.11 bits per heavy atom. The quantitative estimate of drug-likeness (QED) is 0.484. The molecule has 36 heavy (non-hydrogen) atoms. The molecule has 0 aliphatic heterocycles. The maximum absolute atomic E-state index is 13.7. The van der Waals surface area contributed by atoms with Crippen molar-refractivity contribution in [3.63, 3.8) is 0 Å². The molecule has 0 spiro atoms. The molecule has 7 heteroatoms. The minimum absolute atomic E-state index is 0.0433. The SMILES string of the molecule is CC(C)c1ccc2c(c1)CC[C@H]1[C@](C)(C(=O)NC(=S)N[C@@H](C)C(=O)Nc3ccccn3)CCC[C@]21C. The van der Waals surface area contributed by atoms with Gasteiger partial charge in [-0.2, -0.15) is 0 Å². The summed E-state index contributed by atoms with van der Waals surface area (Å²) in [5.41, 5.74) is 3.65. The Hall–Kier alpha value is -2.80. The van der Waals surface area contributed by atoms with Crippen LogP contribution in [0.3, 0.4) is 0 Å². The van der Waals surface area contributed by atoms with Gasteiger partial charge in [0.1, 0.15) is 11.9 Å². The molecule has 2 aromatic rings. The summed E-state index contributed by atoms with van der Waals surface area (Å²) >= 11 is 5.45. The summed E-state index contributed by atoms with van der Waals surface area (Å²) in [6.07, 6.45) is 6.50. The first-order valence-corrected chi connectivity index (χ1v) is 13.4. The molecule has 2 amide bonds. The van der Waals surface area contributed by atoms with Gasteiger partial charge in [-0.15, -0.1) is 0 Å². The molecule has 1 saturated carbocycles. The molecule has 1 aromatic carbocycles. The Kier molecular flexibility index (Phi) is 7.51. The minimum atomic E-state index is -0.624. The Bertz CT molecular complexity index is 1150. The van der Waals surface area contributed by atoms with Gasteiger partial charge in [0, 0.05) is 6.20 Å². The smallest absolute Gasteiger partial charge is 0.247 e. The second kappa shape index (κ2) is 10.3. The Morgan fingerprint density at radius 2 is 1.89 bits per heavy atom. The van der Waals surface area contributed by atoms with Crippen LogP contribution in [0.5, 0.6) is 0 Å². The molecule has 3 N–H and O–H groups in total. The predicted molar refractivity (Wildman–Crippen MR) is 148 cm³/mol. The number of fused-ring (bicyclic) bond motifs is 3. The highest BCUT2D eigenvalue weighted by Crippen LogP contribution is 2.57. The fourth-order valence-electron chi connectivity index (χ4n) is 6.36. The zero-order valence-electron chi connectivity index (χ0n) is 22.0. The second-order valence-electron chi connectivity index (χ2n) is 11.2. The van der Waals surface area contributed by atoms with E-state index in [1.165, 1.54) is 16.7 Å². The van der Waals surface area contributed by atoms with Crippen molar-refractivity contribution in [2.45, 2.75) is 84.1 Å². The number of anilines is 1. The van der Waals surface area contributed by atoms with Gasteiger partial charge in [0.05, 0.1) is 5.41 Å². The summed E-state index contributed by atoms with van der Waals surface area (Å²) in [4.78, 5) is 30.3. The number of aryl methyl sites for hydroxylation is 1. The summed E-state index contributed by atoms with van der Waals surface area (Å²) in [5.74, 6) is 0.870. The van der Waals surface area contributed by atoms with E-state index in [1.54, 1.807) is 31.3 Å². The Morgan fingerprint density at radius 3 is 2.58 bits per heavy atom.